The Bertz CT molecular complexity index is 713. The number of para-hydroxylation sites is 1. The van der Waals surface area contributed by atoms with Gasteiger partial charge in [-0.3, -0.25) is 0 Å². The van der Waals surface area contributed by atoms with E-state index in [9.17, 15) is 13.0 Å². The fraction of sp³-hybridized carbons (Fsp3) is 0.750. The van der Waals surface area contributed by atoms with Gasteiger partial charge in [0.15, 0.2) is 0 Å². The Kier molecular flexibility index (Phi) is 16.0. The Hall–Kier alpha value is 0.366. The molecule has 0 saturated heterocycles. The summed E-state index contributed by atoms with van der Waals surface area (Å²) >= 11 is 0. The number of hydrogen-bond donors (Lipinski definition) is 2. The minimum absolute atomic E-state index is 0. The predicted octanol–water partition coefficient (Wildman–Crippen LogP) is 4.02. The third-order valence-corrected chi connectivity index (χ3v) is 6.92. The van der Waals surface area contributed by atoms with Gasteiger partial charge in [0.05, 0.1) is 22.4 Å². The van der Waals surface area contributed by atoms with E-state index in [1.807, 2.05) is 6.07 Å². The predicted molar refractivity (Wildman–Crippen MR) is 125 cm³/mol. The second-order valence-electron chi connectivity index (χ2n) is 8.71. The maximum absolute atomic E-state index is 11.4. The number of benzene rings is 1. The maximum Gasteiger partial charge on any atom is 1.00 e. The van der Waals surface area contributed by atoms with Gasteiger partial charge in [-0.1, -0.05) is 103 Å². The third-order valence-electron chi connectivity index (χ3n) is 6.04. The minimum atomic E-state index is -4.45. The summed E-state index contributed by atoms with van der Waals surface area (Å²) in [7, 11) is -4.45. The second kappa shape index (κ2) is 16.9. The van der Waals surface area contributed by atoms with Crippen LogP contribution in [0.15, 0.2) is 23.1 Å². The maximum atomic E-state index is 11.4. The quantitative estimate of drug-likeness (QED) is 0.202. The summed E-state index contributed by atoms with van der Waals surface area (Å²) in [4.78, 5) is -0.161. The van der Waals surface area contributed by atoms with Crippen LogP contribution in [-0.2, 0) is 10.1 Å². The van der Waals surface area contributed by atoms with E-state index in [0.29, 0.717) is 11.4 Å². The normalized spacial score (nSPS) is 15.1. The first-order chi connectivity index (χ1) is 14.5. The van der Waals surface area contributed by atoms with E-state index in [4.69, 9.17) is 0 Å². The van der Waals surface area contributed by atoms with Gasteiger partial charge in [-0.25, -0.2) is 8.42 Å². The van der Waals surface area contributed by atoms with Crippen LogP contribution in [0, 0.1) is 0 Å². The van der Waals surface area contributed by atoms with Crippen LogP contribution in [0.5, 0.6) is 0 Å². The molecular formula is C24H41KN2O3S. The van der Waals surface area contributed by atoms with Crippen molar-refractivity contribution >= 4 is 21.5 Å². The zero-order valence-corrected chi connectivity index (χ0v) is 23.7. The second-order valence-corrected chi connectivity index (χ2v) is 10.1. The molecule has 0 aromatic heterocycles. The largest absolute Gasteiger partial charge is 1.00 e. The third kappa shape index (κ3) is 11.9. The Balaban J connectivity index is 0.00000480. The Morgan fingerprint density at radius 3 is 1.74 bits per heavy atom. The first-order valence-corrected chi connectivity index (χ1v) is 13.5. The zero-order chi connectivity index (χ0) is 21.7. The van der Waals surface area contributed by atoms with Gasteiger partial charge in [-0.05, 0) is 25.0 Å². The molecule has 0 spiro atoms. The van der Waals surface area contributed by atoms with Gasteiger partial charge in [0.25, 0.3) is 0 Å². The first-order valence-electron chi connectivity index (χ1n) is 12.1. The molecule has 0 saturated carbocycles. The van der Waals surface area contributed by atoms with E-state index >= 15 is 0 Å². The van der Waals surface area contributed by atoms with Crippen molar-refractivity contribution in [2.75, 3.05) is 10.6 Å². The van der Waals surface area contributed by atoms with E-state index < -0.39 is 10.1 Å². The molecule has 1 aromatic carbocycles. The molecule has 1 unspecified atom stereocenters. The Morgan fingerprint density at radius 2 is 1.26 bits per heavy atom. The van der Waals surface area contributed by atoms with Gasteiger partial charge >= 0.3 is 51.4 Å². The van der Waals surface area contributed by atoms with Crippen LogP contribution in [0.2, 0.25) is 0 Å². The number of rotatable bonds is 17. The average Bonchev–Trinajstić information content (AvgIpc) is 3.13. The molecule has 0 fully saturated rings. The fourth-order valence-corrected chi connectivity index (χ4v) is 4.93. The minimum Gasteiger partial charge on any atom is -0.744 e. The smallest absolute Gasteiger partial charge is 0.744 e. The van der Waals surface area contributed by atoms with Crippen molar-refractivity contribution in [1.82, 2.24) is 0 Å². The number of fused-ring (bicyclic) bond motifs is 1. The molecule has 31 heavy (non-hydrogen) atoms. The average molecular weight is 477 g/mol. The summed E-state index contributed by atoms with van der Waals surface area (Å²) in [6.07, 6.45) is 21.1. The van der Waals surface area contributed by atoms with Gasteiger partial charge in [0.2, 0.25) is 0 Å². The molecule has 1 atom stereocenters. The van der Waals surface area contributed by atoms with Crippen molar-refractivity contribution in [2.45, 2.75) is 121 Å². The summed E-state index contributed by atoms with van der Waals surface area (Å²) in [5, 5.41) is 6.45. The van der Waals surface area contributed by atoms with Crippen molar-refractivity contribution in [3.05, 3.63) is 18.2 Å². The molecule has 0 aliphatic carbocycles. The summed E-state index contributed by atoms with van der Waals surface area (Å²) in [6, 6.07) is 4.78. The van der Waals surface area contributed by atoms with Crippen LogP contribution in [-0.4, -0.2) is 19.1 Å². The van der Waals surface area contributed by atoms with Crippen LogP contribution in [0.1, 0.15) is 110 Å². The number of anilines is 2. The van der Waals surface area contributed by atoms with E-state index in [0.717, 1.165) is 12.8 Å². The molecule has 0 bridgehead atoms. The first kappa shape index (κ1) is 29.4. The molecule has 7 heteroatoms. The SMILES string of the molecule is CCCCCCCCCCCCCCCCCC1Nc2cccc(S(=O)(=O)[O-])c2N1.[K+]. The summed E-state index contributed by atoms with van der Waals surface area (Å²) < 4.78 is 34.2. The van der Waals surface area contributed by atoms with Gasteiger partial charge in [-0.2, -0.15) is 0 Å². The molecular weight excluding hydrogens is 435 g/mol. The fourth-order valence-electron chi connectivity index (χ4n) is 4.27. The topological polar surface area (TPSA) is 81.3 Å². The molecule has 1 aliphatic rings. The van der Waals surface area contributed by atoms with Crippen LogP contribution in [0.4, 0.5) is 11.4 Å². The van der Waals surface area contributed by atoms with Gasteiger partial charge < -0.3 is 15.2 Å². The molecule has 0 amide bonds. The van der Waals surface area contributed by atoms with Crippen molar-refractivity contribution in [3.63, 3.8) is 0 Å². The van der Waals surface area contributed by atoms with Gasteiger partial charge in [0.1, 0.15) is 10.1 Å². The molecule has 1 aromatic rings. The van der Waals surface area contributed by atoms with Crippen molar-refractivity contribution in [2.24, 2.45) is 0 Å². The monoisotopic (exact) mass is 476 g/mol. The van der Waals surface area contributed by atoms with Gasteiger partial charge in [-0.15, -0.1) is 0 Å². The summed E-state index contributed by atoms with van der Waals surface area (Å²) in [5.41, 5.74) is 1.14. The molecule has 1 heterocycles. The molecule has 2 N–H and O–H groups in total. The van der Waals surface area contributed by atoms with Crippen molar-refractivity contribution in [1.29, 1.82) is 0 Å². The number of nitrogens with one attached hydrogen (secondary N) is 2. The van der Waals surface area contributed by atoms with E-state index in [1.165, 1.54) is 96.0 Å². The number of hydrogen-bond acceptors (Lipinski definition) is 5. The van der Waals surface area contributed by atoms with Crippen LogP contribution in [0.25, 0.3) is 0 Å². The zero-order valence-electron chi connectivity index (χ0n) is 19.8. The molecule has 0 radical (unpaired) electrons. The van der Waals surface area contributed by atoms with E-state index in [1.54, 1.807) is 6.07 Å². The molecule has 2 rings (SSSR count). The van der Waals surface area contributed by atoms with E-state index in [2.05, 4.69) is 17.6 Å². The standard InChI is InChI=1S/C24H42N2O3S.K/c1-2-3-4-5-6-7-8-9-10-11-12-13-14-15-16-20-23-25-21-18-17-19-22(24(21)26-23)30(27,28)29;/h17-19,23,25-26H,2-16,20H2,1H3,(H,27,28,29);/q;+1/p-1. The molecule has 1 aliphatic heterocycles. The number of unbranched alkanes of at least 4 members (excludes halogenated alkanes) is 14. The molecule has 172 valence electrons. The van der Waals surface area contributed by atoms with Crippen LogP contribution in [0.3, 0.4) is 0 Å². The Morgan fingerprint density at radius 1 is 0.774 bits per heavy atom. The van der Waals surface area contributed by atoms with Crippen LogP contribution >= 0.6 is 0 Å². The van der Waals surface area contributed by atoms with Crippen LogP contribution < -0.4 is 62.0 Å². The molecule has 5 nitrogen and oxygen atoms in total. The summed E-state index contributed by atoms with van der Waals surface area (Å²) in [6.45, 7) is 2.27. The van der Waals surface area contributed by atoms with Crippen molar-refractivity contribution < 1.29 is 64.4 Å². The van der Waals surface area contributed by atoms with Gasteiger partial charge in [0, 0.05) is 0 Å². The Labute approximate surface area is 233 Å². The van der Waals surface area contributed by atoms with Crippen molar-refractivity contribution in [3.8, 4) is 0 Å². The van der Waals surface area contributed by atoms with E-state index in [-0.39, 0.29) is 62.4 Å². The summed E-state index contributed by atoms with van der Waals surface area (Å²) in [5.74, 6) is 0.